The Morgan fingerprint density at radius 2 is 1.76 bits per heavy atom. The second kappa shape index (κ2) is 10.8. The van der Waals surface area contributed by atoms with Gasteiger partial charge in [0.25, 0.3) is 5.91 Å². The number of aryl methyl sites for hydroxylation is 1. The van der Waals surface area contributed by atoms with E-state index in [9.17, 15) is 9.59 Å². The lowest BCUT2D eigenvalue weighted by Crippen LogP contribution is -2.16. The molecule has 178 valence electrons. The number of hydrogen-bond donors (Lipinski definition) is 2. The molecule has 1 fully saturated rings. The van der Waals surface area contributed by atoms with Gasteiger partial charge >= 0.3 is 0 Å². The Morgan fingerprint density at radius 3 is 2.47 bits per heavy atom. The summed E-state index contributed by atoms with van der Waals surface area (Å²) >= 11 is 1.47. The third-order valence-corrected chi connectivity index (χ3v) is 7.12. The molecule has 3 aromatic rings. The molecule has 2 N–H and O–H groups in total. The largest absolute Gasteiger partial charge is 0.495 e. The minimum Gasteiger partial charge on any atom is -0.495 e. The van der Waals surface area contributed by atoms with Crippen LogP contribution in [0.25, 0.3) is 0 Å². The van der Waals surface area contributed by atoms with E-state index >= 15 is 0 Å². The van der Waals surface area contributed by atoms with Crippen molar-refractivity contribution in [2.75, 3.05) is 23.5 Å². The first kappa shape index (κ1) is 23.9. The van der Waals surface area contributed by atoms with E-state index in [0.717, 1.165) is 10.9 Å². The number of rotatable bonds is 8. The summed E-state index contributed by atoms with van der Waals surface area (Å²) in [6, 6.07) is 14.6. The highest BCUT2D eigenvalue weighted by atomic mass is 32.2. The van der Waals surface area contributed by atoms with Gasteiger partial charge in [-0.15, -0.1) is 0 Å². The standard InChI is InChI=1S/C26H30N4O3S/c1-17-18(2)30(21-8-4-5-9-21)26(27-17)34-16-24(31)28-20-14-12-19(13-15-20)25(32)29-22-10-6-7-11-23(22)33-3/h6-7,10-15,21H,4-5,8-9,16H2,1-3H3,(H,28,31)(H,29,32). The van der Waals surface area contributed by atoms with E-state index < -0.39 is 0 Å². The average Bonchev–Trinajstić information content (AvgIpc) is 3.46. The van der Waals surface area contributed by atoms with Crippen molar-refractivity contribution in [1.29, 1.82) is 0 Å². The molecule has 7 nitrogen and oxygen atoms in total. The molecule has 1 aromatic heterocycles. The van der Waals surface area contributed by atoms with Crippen molar-refractivity contribution in [2.24, 2.45) is 0 Å². The molecule has 0 atom stereocenters. The Bertz CT molecular complexity index is 1170. The first-order valence-corrected chi connectivity index (χ1v) is 12.5. The molecular formula is C26H30N4O3S. The van der Waals surface area contributed by atoms with Crippen LogP contribution in [0.2, 0.25) is 0 Å². The van der Waals surface area contributed by atoms with E-state index in [0.29, 0.717) is 28.7 Å². The van der Waals surface area contributed by atoms with Crippen molar-refractivity contribution >= 4 is 35.0 Å². The number of imidazole rings is 1. The summed E-state index contributed by atoms with van der Waals surface area (Å²) in [6.45, 7) is 4.13. The molecule has 0 bridgehead atoms. The minimum atomic E-state index is -0.248. The molecule has 2 aromatic carbocycles. The monoisotopic (exact) mass is 478 g/mol. The fourth-order valence-electron chi connectivity index (χ4n) is 4.26. The fraction of sp³-hybridized carbons (Fsp3) is 0.346. The van der Waals surface area contributed by atoms with Gasteiger partial charge in [-0.2, -0.15) is 0 Å². The lowest BCUT2D eigenvalue weighted by molar-refractivity contribution is -0.113. The summed E-state index contributed by atoms with van der Waals surface area (Å²) in [6.07, 6.45) is 4.85. The maximum absolute atomic E-state index is 12.6. The highest BCUT2D eigenvalue weighted by Crippen LogP contribution is 2.35. The maximum atomic E-state index is 12.6. The van der Waals surface area contributed by atoms with Gasteiger partial charge in [0.15, 0.2) is 5.16 Å². The van der Waals surface area contributed by atoms with E-state index in [1.807, 2.05) is 19.1 Å². The third kappa shape index (κ3) is 5.44. The second-order valence-corrected chi connectivity index (χ2v) is 9.38. The highest BCUT2D eigenvalue weighted by molar-refractivity contribution is 7.99. The van der Waals surface area contributed by atoms with Crippen LogP contribution in [-0.4, -0.2) is 34.2 Å². The van der Waals surface area contributed by atoms with Crippen LogP contribution in [-0.2, 0) is 4.79 Å². The molecule has 8 heteroatoms. The van der Waals surface area contributed by atoms with Crippen molar-refractivity contribution in [3.63, 3.8) is 0 Å². The van der Waals surface area contributed by atoms with Crippen LogP contribution in [0.3, 0.4) is 0 Å². The van der Waals surface area contributed by atoms with Crippen LogP contribution in [0.1, 0.15) is 53.5 Å². The van der Waals surface area contributed by atoms with Crippen molar-refractivity contribution in [3.05, 3.63) is 65.5 Å². The van der Waals surface area contributed by atoms with Gasteiger partial charge in [-0.25, -0.2) is 4.98 Å². The number of methoxy groups -OCH3 is 1. The second-order valence-electron chi connectivity index (χ2n) is 8.44. The normalized spacial score (nSPS) is 13.6. The van der Waals surface area contributed by atoms with Crippen molar-refractivity contribution in [1.82, 2.24) is 9.55 Å². The molecular weight excluding hydrogens is 448 g/mol. The summed E-state index contributed by atoms with van der Waals surface area (Å²) in [5.74, 6) is 0.518. The van der Waals surface area contributed by atoms with Crippen molar-refractivity contribution in [2.45, 2.75) is 50.7 Å². The van der Waals surface area contributed by atoms with Gasteiger partial charge < -0.3 is 19.9 Å². The van der Waals surface area contributed by atoms with E-state index in [-0.39, 0.29) is 17.6 Å². The average molecular weight is 479 g/mol. The van der Waals surface area contributed by atoms with E-state index in [1.54, 1.807) is 43.5 Å². The highest BCUT2D eigenvalue weighted by Gasteiger charge is 2.23. The van der Waals surface area contributed by atoms with Crippen LogP contribution >= 0.6 is 11.8 Å². The first-order valence-electron chi connectivity index (χ1n) is 11.5. The quantitative estimate of drug-likeness (QED) is 0.411. The molecule has 1 aliphatic carbocycles. The molecule has 1 heterocycles. The molecule has 34 heavy (non-hydrogen) atoms. The number of carbonyl (C=O) groups is 2. The van der Waals surface area contributed by atoms with Crippen LogP contribution in [0.15, 0.2) is 53.7 Å². The topological polar surface area (TPSA) is 85.2 Å². The van der Waals surface area contributed by atoms with Crippen molar-refractivity contribution in [3.8, 4) is 5.75 Å². The van der Waals surface area contributed by atoms with Crippen LogP contribution in [0.4, 0.5) is 11.4 Å². The number of nitrogens with zero attached hydrogens (tertiary/aromatic N) is 2. The lowest BCUT2D eigenvalue weighted by atomic mass is 10.2. The predicted octanol–water partition coefficient (Wildman–Crippen LogP) is 5.61. The van der Waals surface area contributed by atoms with Gasteiger partial charge in [0.05, 0.1) is 24.2 Å². The van der Waals surface area contributed by atoms with Gasteiger partial charge in [-0.1, -0.05) is 36.7 Å². The molecule has 4 rings (SSSR count). The van der Waals surface area contributed by atoms with Gasteiger partial charge in [-0.05, 0) is 63.1 Å². The number of carbonyl (C=O) groups excluding carboxylic acids is 2. The molecule has 0 unspecified atom stereocenters. The molecule has 0 spiro atoms. The Hall–Kier alpha value is -3.26. The number of benzene rings is 2. The number of anilines is 2. The number of nitrogens with one attached hydrogen (secondary N) is 2. The Labute approximate surface area is 204 Å². The van der Waals surface area contributed by atoms with Gasteiger partial charge in [0.2, 0.25) is 5.91 Å². The summed E-state index contributed by atoms with van der Waals surface area (Å²) in [4.78, 5) is 29.9. The number of ether oxygens (including phenoxy) is 1. The first-order chi connectivity index (χ1) is 16.5. The van der Waals surface area contributed by atoms with E-state index in [2.05, 4.69) is 22.1 Å². The Kier molecular flexibility index (Phi) is 7.57. The molecule has 0 aliphatic heterocycles. The van der Waals surface area contributed by atoms with Crippen molar-refractivity contribution < 1.29 is 14.3 Å². The van der Waals surface area contributed by atoms with Crippen LogP contribution in [0.5, 0.6) is 5.75 Å². The molecule has 2 amide bonds. The molecule has 0 radical (unpaired) electrons. The third-order valence-electron chi connectivity index (χ3n) is 6.16. The zero-order valence-electron chi connectivity index (χ0n) is 19.8. The van der Waals surface area contributed by atoms with Gasteiger partial charge in [-0.3, -0.25) is 9.59 Å². The zero-order chi connectivity index (χ0) is 24.1. The van der Waals surface area contributed by atoms with Gasteiger partial charge in [0.1, 0.15) is 5.75 Å². The minimum absolute atomic E-state index is 0.104. The van der Waals surface area contributed by atoms with E-state index in [1.165, 1.54) is 43.1 Å². The lowest BCUT2D eigenvalue weighted by Gasteiger charge is -2.16. The Morgan fingerprint density at radius 1 is 1.06 bits per heavy atom. The number of hydrogen-bond acceptors (Lipinski definition) is 5. The number of thioether (sulfide) groups is 1. The molecule has 1 aliphatic rings. The van der Waals surface area contributed by atoms with Gasteiger partial charge in [0, 0.05) is 23.0 Å². The number of amides is 2. The number of aromatic nitrogens is 2. The predicted molar refractivity (Wildman–Crippen MR) is 136 cm³/mol. The molecule has 0 saturated heterocycles. The summed E-state index contributed by atoms with van der Waals surface area (Å²) in [5.41, 5.74) is 3.95. The zero-order valence-corrected chi connectivity index (χ0v) is 20.6. The SMILES string of the molecule is COc1ccccc1NC(=O)c1ccc(NC(=O)CSc2nc(C)c(C)n2C2CCCC2)cc1. The van der Waals surface area contributed by atoms with Crippen LogP contribution in [0, 0.1) is 13.8 Å². The number of para-hydroxylation sites is 2. The fourth-order valence-corrected chi connectivity index (χ4v) is 5.22. The van der Waals surface area contributed by atoms with E-state index in [4.69, 9.17) is 9.72 Å². The van der Waals surface area contributed by atoms with Crippen LogP contribution < -0.4 is 15.4 Å². The summed E-state index contributed by atoms with van der Waals surface area (Å²) in [7, 11) is 1.56. The summed E-state index contributed by atoms with van der Waals surface area (Å²) < 4.78 is 7.59. The Balaban J connectivity index is 1.34. The maximum Gasteiger partial charge on any atom is 0.255 e. The molecule has 1 saturated carbocycles. The summed E-state index contributed by atoms with van der Waals surface area (Å²) in [5, 5.41) is 6.67. The smallest absolute Gasteiger partial charge is 0.255 e.